The van der Waals surface area contributed by atoms with Crippen LogP contribution in [0.15, 0.2) is 48.5 Å². The second-order valence-electron chi connectivity index (χ2n) is 5.11. The third kappa shape index (κ3) is 5.05. The van der Waals surface area contributed by atoms with Crippen LogP contribution in [-0.2, 0) is 6.61 Å². The van der Waals surface area contributed by atoms with Gasteiger partial charge >= 0.3 is 29.6 Å². The summed E-state index contributed by atoms with van der Waals surface area (Å²) in [6.45, 7) is -0.108. The third-order valence-electron chi connectivity index (χ3n) is 3.66. The zero-order valence-electron chi connectivity index (χ0n) is 15.0. The van der Waals surface area contributed by atoms with Gasteiger partial charge in [0, 0.05) is 28.1 Å². The first-order chi connectivity index (χ1) is 11.5. The Morgan fingerprint density at radius 3 is 1.92 bits per heavy atom. The minimum atomic E-state index is -0.212. The Bertz CT molecular complexity index is 763. The Morgan fingerprint density at radius 2 is 1.46 bits per heavy atom. The molecule has 0 fully saturated rings. The second-order valence-corrected chi connectivity index (χ2v) is 5.11. The molecule has 2 N–H and O–H groups in total. The van der Waals surface area contributed by atoms with Crippen molar-refractivity contribution in [3.8, 4) is 0 Å². The molecule has 1 aliphatic rings. The van der Waals surface area contributed by atoms with E-state index in [4.69, 9.17) is 5.11 Å². The number of aliphatic hydroxyl groups is 1. The van der Waals surface area contributed by atoms with E-state index in [0.29, 0.717) is 22.3 Å². The molecule has 127 valence electrons. The number of carbonyl (C=O) groups excluding carboxylic acids is 3. The van der Waals surface area contributed by atoms with Crippen LogP contribution in [0.5, 0.6) is 0 Å². The number of nitrogens with one attached hydrogen (secondary N) is 1. The number of amides is 3. The van der Waals surface area contributed by atoms with Crippen LogP contribution in [0.3, 0.4) is 0 Å². The number of fused-ring (bicyclic) bond motifs is 1. The van der Waals surface area contributed by atoms with E-state index < -0.39 is 0 Å². The smallest absolute Gasteiger partial charge is 0.392 e. The molecule has 0 saturated carbocycles. The molecule has 0 unspecified atom stereocenters. The monoisotopic (exact) mass is 360 g/mol. The van der Waals surface area contributed by atoms with Gasteiger partial charge in [0.2, 0.25) is 0 Å². The summed E-state index contributed by atoms with van der Waals surface area (Å²) in [5.74, 6) is -0.592. The van der Waals surface area contributed by atoms with E-state index in [0.717, 1.165) is 4.90 Å². The fourth-order valence-corrected chi connectivity index (χ4v) is 2.32. The normalized spacial score (nSPS) is 11.4. The van der Waals surface area contributed by atoms with Crippen molar-refractivity contribution >= 4 is 26.1 Å². The quantitative estimate of drug-likeness (QED) is 0.483. The minimum absolute atomic E-state index is 0. The molecule has 0 aliphatic carbocycles. The van der Waals surface area contributed by atoms with Gasteiger partial charge in [0.15, 0.2) is 0 Å². The third-order valence-corrected chi connectivity index (χ3v) is 3.66. The summed E-state index contributed by atoms with van der Waals surface area (Å²) in [7, 11) is 3.06. The van der Waals surface area contributed by atoms with E-state index in [9.17, 15) is 14.4 Å². The van der Waals surface area contributed by atoms with Crippen molar-refractivity contribution in [3.05, 3.63) is 70.8 Å². The van der Waals surface area contributed by atoms with Crippen molar-refractivity contribution in [1.29, 1.82) is 0 Å². The average molecular weight is 360 g/mol. The van der Waals surface area contributed by atoms with Gasteiger partial charge in [0.25, 0.3) is 17.7 Å². The molecule has 3 radical (unpaired) electrons. The molecule has 3 rings (SSSR count). The molecule has 26 heavy (non-hydrogen) atoms. The van der Waals surface area contributed by atoms with E-state index in [2.05, 4.69) is 5.32 Å². The summed E-state index contributed by atoms with van der Waals surface area (Å²) in [5.41, 5.74) is 2.19. The van der Waals surface area contributed by atoms with E-state index in [-0.39, 0.29) is 62.3 Å². The molecule has 0 bridgehead atoms. The van der Waals surface area contributed by atoms with Crippen molar-refractivity contribution in [1.82, 2.24) is 10.2 Å². The van der Waals surface area contributed by atoms with E-state index in [1.165, 1.54) is 7.05 Å². The van der Waals surface area contributed by atoms with E-state index in [1.807, 2.05) is 0 Å². The molecule has 0 aromatic heterocycles. The van der Waals surface area contributed by atoms with Crippen LogP contribution in [0.4, 0.5) is 0 Å². The van der Waals surface area contributed by atoms with Crippen molar-refractivity contribution in [2.75, 3.05) is 14.1 Å². The van der Waals surface area contributed by atoms with Crippen molar-refractivity contribution in [3.63, 3.8) is 0 Å². The zero-order chi connectivity index (χ0) is 17.7. The minimum Gasteiger partial charge on any atom is -0.392 e. The Morgan fingerprint density at radius 1 is 1.00 bits per heavy atom. The van der Waals surface area contributed by atoms with E-state index in [1.54, 1.807) is 55.6 Å². The predicted molar refractivity (Wildman–Crippen MR) is 94.4 cm³/mol. The van der Waals surface area contributed by atoms with Crippen LogP contribution >= 0.6 is 0 Å². The Balaban J connectivity index is 0.000000446. The summed E-state index contributed by atoms with van der Waals surface area (Å²) in [5, 5.41) is 11.4. The van der Waals surface area contributed by atoms with Gasteiger partial charge in [0.1, 0.15) is 0 Å². The average Bonchev–Trinajstić information content (AvgIpc) is 2.86. The number of hydrogen-bond acceptors (Lipinski definition) is 4. The van der Waals surface area contributed by atoms with Gasteiger partial charge in [-0.05, 0) is 23.8 Å². The van der Waals surface area contributed by atoms with Crippen LogP contribution in [0.1, 0.15) is 36.6 Å². The van der Waals surface area contributed by atoms with Gasteiger partial charge in [-0.3, -0.25) is 19.3 Å². The van der Waals surface area contributed by atoms with Gasteiger partial charge in [-0.2, -0.15) is 0 Å². The predicted octanol–water partition coefficient (Wildman–Crippen LogP) is -1.93. The Kier molecular flexibility index (Phi) is 10.1. The van der Waals surface area contributed by atoms with Crippen molar-refractivity contribution in [2.45, 2.75) is 6.61 Å². The SMILES string of the molecule is CN1C(=O)c2ccccc2C1=O.CNC(=O)c1ccccc1CO.[B].[Na+]. The second kappa shape index (κ2) is 10.9. The molecule has 0 spiro atoms. The number of carbonyl (C=O) groups is 3. The van der Waals surface area contributed by atoms with Crippen LogP contribution < -0.4 is 34.9 Å². The molecule has 1 heterocycles. The number of benzene rings is 2. The molecule has 8 heteroatoms. The summed E-state index contributed by atoms with van der Waals surface area (Å²) in [6.07, 6.45) is 0. The molecule has 3 amide bonds. The molecule has 1 aliphatic heterocycles. The molecular formula is C18H18BN2NaO4+. The largest absolute Gasteiger partial charge is 1.00 e. The molecule has 6 nitrogen and oxygen atoms in total. The van der Waals surface area contributed by atoms with Gasteiger partial charge in [-0.15, -0.1) is 0 Å². The molecule has 0 saturated heterocycles. The standard InChI is InChI=1S/C9H7NO2.C9H11NO2.B.Na/c1-10-8(11)6-4-2-3-5-7(6)9(10)12;1-10-9(12)8-5-3-2-4-7(8)6-11;;/h2-5H,1H3;2-5,11H,6H2,1H3,(H,10,12);;/q;;;+1. The Hall–Kier alpha value is -1.93. The molecule has 2 aromatic carbocycles. The first kappa shape index (κ1) is 24.1. The maximum atomic E-state index is 11.3. The van der Waals surface area contributed by atoms with Crippen molar-refractivity contribution < 1.29 is 49.0 Å². The maximum absolute atomic E-state index is 11.3. The van der Waals surface area contributed by atoms with Gasteiger partial charge in [-0.25, -0.2) is 0 Å². The fraction of sp³-hybridized carbons (Fsp3) is 0.167. The summed E-state index contributed by atoms with van der Waals surface area (Å²) < 4.78 is 0. The first-order valence-corrected chi connectivity index (χ1v) is 7.33. The number of aliphatic hydroxyl groups excluding tert-OH is 1. The Labute approximate surface area is 176 Å². The number of nitrogens with zero attached hydrogens (tertiary/aromatic N) is 1. The number of imide groups is 1. The summed E-state index contributed by atoms with van der Waals surface area (Å²) in [4.78, 5) is 34.9. The fourth-order valence-electron chi connectivity index (χ4n) is 2.32. The number of hydrogen-bond donors (Lipinski definition) is 2. The van der Waals surface area contributed by atoms with Crippen LogP contribution in [0.2, 0.25) is 0 Å². The van der Waals surface area contributed by atoms with Crippen LogP contribution in [-0.4, -0.2) is 50.2 Å². The van der Waals surface area contributed by atoms with Crippen LogP contribution in [0.25, 0.3) is 0 Å². The molecular weight excluding hydrogens is 342 g/mol. The summed E-state index contributed by atoms with van der Waals surface area (Å²) in [6, 6.07) is 13.8. The number of rotatable bonds is 2. The van der Waals surface area contributed by atoms with Crippen molar-refractivity contribution in [2.24, 2.45) is 0 Å². The zero-order valence-corrected chi connectivity index (χ0v) is 17.0. The van der Waals surface area contributed by atoms with E-state index >= 15 is 0 Å². The molecule has 0 atom stereocenters. The molecule has 2 aromatic rings. The topological polar surface area (TPSA) is 86.7 Å². The first-order valence-electron chi connectivity index (χ1n) is 7.33. The van der Waals surface area contributed by atoms with Gasteiger partial charge in [0.05, 0.1) is 17.7 Å². The summed E-state index contributed by atoms with van der Waals surface area (Å²) >= 11 is 0. The van der Waals surface area contributed by atoms with Crippen LogP contribution in [0, 0.1) is 0 Å². The van der Waals surface area contributed by atoms with Gasteiger partial charge < -0.3 is 10.4 Å². The maximum Gasteiger partial charge on any atom is 1.00 e. The van der Waals surface area contributed by atoms with Gasteiger partial charge in [-0.1, -0.05) is 30.3 Å².